The second-order valence-corrected chi connectivity index (χ2v) is 6.48. The molecule has 0 unspecified atom stereocenters. The van der Waals surface area contributed by atoms with E-state index >= 15 is 0 Å². The first kappa shape index (κ1) is 17.8. The van der Waals surface area contributed by atoms with Crippen LogP contribution in [0.2, 0.25) is 0 Å². The number of nitrogens with two attached hydrogens (primary N) is 1. The predicted octanol–water partition coefficient (Wildman–Crippen LogP) is 2.84. The fraction of sp³-hybridized carbons (Fsp3) is 0.200. The van der Waals surface area contributed by atoms with Crippen molar-refractivity contribution in [3.8, 4) is 22.8 Å². The standard InChI is InChI=1S/C20H19FN4O3/c1-27-16-7-11-6-15-19(14(11)9-17(16)28-2)25(10-18(22)26)24-20(15)23-13-5-3-4-12(21)8-13/h3-5,7-9H,6,10H2,1-2H3,(H2,22,26)(H,23,24). The monoisotopic (exact) mass is 382 g/mol. The van der Waals surface area contributed by atoms with Crippen molar-refractivity contribution in [2.45, 2.75) is 13.0 Å². The van der Waals surface area contributed by atoms with Crippen LogP contribution in [-0.4, -0.2) is 29.9 Å². The molecule has 7 nitrogen and oxygen atoms in total. The van der Waals surface area contributed by atoms with E-state index in [1.807, 2.05) is 12.1 Å². The van der Waals surface area contributed by atoms with Gasteiger partial charge in [0.25, 0.3) is 0 Å². The van der Waals surface area contributed by atoms with Crippen LogP contribution in [0.4, 0.5) is 15.9 Å². The number of anilines is 2. The minimum Gasteiger partial charge on any atom is -0.493 e. The fourth-order valence-electron chi connectivity index (χ4n) is 3.51. The molecule has 1 aliphatic rings. The van der Waals surface area contributed by atoms with Crippen molar-refractivity contribution in [1.82, 2.24) is 9.78 Å². The van der Waals surface area contributed by atoms with Gasteiger partial charge in [-0.05, 0) is 35.9 Å². The number of nitrogens with one attached hydrogen (secondary N) is 1. The van der Waals surface area contributed by atoms with E-state index in [2.05, 4.69) is 10.4 Å². The normalized spacial score (nSPS) is 11.7. The Kier molecular flexibility index (Phi) is 4.38. The lowest BCUT2D eigenvalue weighted by Gasteiger charge is -2.11. The summed E-state index contributed by atoms with van der Waals surface area (Å²) in [6.45, 7) is -0.0685. The maximum absolute atomic E-state index is 13.5. The first-order valence-corrected chi connectivity index (χ1v) is 8.66. The van der Waals surface area contributed by atoms with Crippen molar-refractivity contribution >= 4 is 17.4 Å². The number of hydrogen-bond acceptors (Lipinski definition) is 5. The summed E-state index contributed by atoms with van der Waals surface area (Å²) in [4.78, 5) is 11.6. The highest BCUT2D eigenvalue weighted by atomic mass is 19.1. The Hall–Kier alpha value is -3.55. The number of carbonyl (C=O) groups is 1. The van der Waals surface area contributed by atoms with E-state index in [1.165, 1.54) is 12.1 Å². The molecule has 4 rings (SSSR count). The highest BCUT2D eigenvalue weighted by Crippen LogP contribution is 2.45. The first-order valence-electron chi connectivity index (χ1n) is 8.66. The van der Waals surface area contributed by atoms with E-state index in [4.69, 9.17) is 15.2 Å². The van der Waals surface area contributed by atoms with E-state index < -0.39 is 5.91 Å². The zero-order valence-corrected chi connectivity index (χ0v) is 15.5. The van der Waals surface area contributed by atoms with Crippen molar-refractivity contribution in [3.05, 3.63) is 53.3 Å². The van der Waals surface area contributed by atoms with Crippen LogP contribution in [0.1, 0.15) is 11.1 Å². The summed E-state index contributed by atoms with van der Waals surface area (Å²) >= 11 is 0. The smallest absolute Gasteiger partial charge is 0.239 e. The average Bonchev–Trinajstić information content (AvgIpc) is 3.18. The highest BCUT2D eigenvalue weighted by molar-refractivity contribution is 5.83. The molecule has 0 spiro atoms. The molecule has 1 aromatic heterocycles. The molecule has 0 fully saturated rings. The summed E-state index contributed by atoms with van der Waals surface area (Å²) in [5.74, 6) is 0.907. The lowest BCUT2D eigenvalue weighted by molar-refractivity contribution is -0.118. The van der Waals surface area contributed by atoms with Gasteiger partial charge >= 0.3 is 0 Å². The number of methoxy groups -OCH3 is 2. The minimum atomic E-state index is -0.503. The number of amides is 1. The van der Waals surface area contributed by atoms with Gasteiger partial charge in [0.05, 0.1) is 19.9 Å². The molecule has 0 saturated carbocycles. The molecular weight excluding hydrogens is 363 g/mol. The number of carbonyl (C=O) groups excluding carboxylic acids is 1. The molecule has 1 aliphatic carbocycles. The first-order chi connectivity index (χ1) is 13.5. The second kappa shape index (κ2) is 6.88. The van der Waals surface area contributed by atoms with Gasteiger partial charge in [-0.15, -0.1) is 0 Å². The summed E-state index contributed by atoms with van der Waals surface area (Å²) in [5, 5.41) is 7.65. The molecule has 1 amide bonds. The number of benzene rings is 2. The van der Waals surface area contributed by atoms with Gasteiger partial charge in [-0.3, -0.25) is 9.48 Å². The minimum absolute atomic E-state index is 0.0685. The molecule has 0 bridgehead atoms. The quantitative estimate of drug-likeness (QED) is 0.535. The van der Waals surface area contributed by atoms with Crippen LogP contribution in [0.15, 0.2) is 36.4 Å². The molecule has 3 aromatic rings. The van der Waals surface area contributed by atoms with E-state index in [0.29, 0.717) is 29.4 Å². The number of aromatic nitrogens is 2. The lowest BCUT2D eigenvalue weighted by atomic mass is 10.1. The molecule has 0 atom stereocenters. The molecule has 1 heterocycles. The van der Waals surface area contributed by atoms with Crippen LogP contribution in [0.3, 0.4) is 0 Å². The molecule has 0 aliphatic heterocycles. The zero-order chi connectivity index (χ0) is 19.8. The number of halogens is 1. The van der Waals surface area contributed by atoms with Gasteiger partial charge in [0, 0.05) is 23.2 Å². The van der Waals surface area contributed by atoms with Crippen LogP contribution in [0.25, 0.3) is 11.3 Å². The Labute approximate surface area is 160 Å². The van der Waals surface area contributed by atoms with Crippen LogP contribution >= 0.6 is 0 Å². The van der Waals surface area contributed by atoms with Gasteiger partial charge in [-0.1, -0.05) is 6.07 Å². The fourth-order valence-corrected chi connectivity index (χ4v) is 3.51. The summed E-state index contributed by atoms with van der Waals surface area (Å²) in [6, 6.07) is 9.89. The lowest BCUT2D eigenvalue weighted by Crippen LogP contribution is -2.20. The maximum atomic E-state index is 13.5. The number of hydrogen-bond donors (Lipinski definition) is 2. The Bertz CT molecular complexity index is 1080. The third-order valence-electron chi connectivity index (χ3n) is 4.68. The van der Waals surface area contributed by atoms with E-state index in [0.717, 1.165) is 22.4 Å². The molecular formula is C20H19FN4O3. The third-order valence-corrected chi connectivity index (χ3v) is 4.68. The van der Waals surface area contributed by atoms with E-state index in [-0.39, 0.29) is 12.4 Å². The largest absolute Gasteiger partial charge is 0.493 e. The van der Waals surface area contributed by atoms with Crippen LogP contribution in [0.5, 0.6) is 11.5 Å². The Morgan fingerprint density at radius 2 is 2.00 bits per heavy atom. The number of ether oxygens (including phenoxy) is 2. The van der Waals surface area contributed by atoms with Crippen molar-refractivity contribution in [2.24, 2.45) is 5.73 Å². The maximum Gasteiger partial charge on any atom is 0.239 e. The number of fused-ring (bicyclic) bond motifs is 3. The van der Waals surface area contributed by atoms with Gasteiger partial charge < -0.3 is 20.5 Å². The summed E-state index contributed by atoms with van der Waals surface area (Å²) < 4.78 is 25.9. The van der Waals surface area contributed by atoms with Crippen molar-refractivity contribution in [3.63, 3.8) is 0 Å². The molecule has 8 heteroatoms. The molecule has 3 N–H and O–H groups in total. The summed E-state index contributed by atoms with van der Waals surface area (Å²) in [7, 11) is 3.15. The van der Waals surface area contributed by atoms with Gasteiger partial charge in [-0.25, -0.2) is 4.39 Å². The second-order valence-electron chi connectivity index (χ2n) is 6.48. The molecule has 0 saturated heterocycles. The van der Waals surface area contributed by atoms with E-state index in [9.17, 15) is 9.18 Å². The van der Waals surface area contributed by atoms with Crippen molar-refractivity contribution in [2.75, 3.05) is 19.5 Å². The van der Waals surface area contributed by atoms with Gasteiger partial charge in [-0.2, -0.15) is 5.10 Å². The number of nitrogens with zero attached hydrogens (tertiary/aromatic N) is 2. The SMILES string of the molecule is COc1cc2c(cc1OC)-c1c(c(Nc3cccc(F)c3)nn1CC(N)=O)C2. The number of rotatable bonds is 6. The van der Waals surface area contributed by atoms with Crippen molar-refractivity contribution in [1.29, 1.82) is 0 Å². The molecule has 2 aromatic carbocycles. The van der Waals surface area contributed by atoms with Gasteiger partial charge in [0.2, 0.25) is 5.91 Å². The third kappa shape index (κ3) is 3.02. The van der Waals surface area contributed by atoms with Gasteiger partial charge in [0.15, 0.2) is 17.3 Å². The van der Waals surface area contributed by atoms with Crippen LogP contribution in [0, 0.1) is 5.82 Å². The predicted molar refractivity (Wildman–Crippen MR) is 102 cm³/mol. The molecule has 0 radical (unpaired) electrons. The van der Waals surface area contributed by atoms with Crippen molar-refractivity contribution < 1.29 is 18.7 Å². The van der Waals surface area contributed by atoms with Gasteiger partial charge in [0.1, 0.15) is 12.4 Å². The molecule has 28 heavy (non-hydrogen) atoms. The number of primary amides is 1. The summed E-state index contributed by atoms with van der Waals surface area (Å²) in [6.07, 6.45) is 0.585. The topological polar surface area (TPSA) is 91.4 Å². The zero-order valence-electron chi connectivity index (χ0n) is 15.5. The van der Waals surface area contributed by atoms with E-state index in [1.54, 1.807) is 31.0 Å². The molecule has 144 valence electrons. The van der Waals surface area contributed by atoms with Crippen LogP contribution < -0.4 is 20.5 Å². The average molecular weight is 382 g/mol. The summed E-state index contributed by atoms with van der Waals surface area (Å²) in [5.41, 5.74) is 9.58. The Balaban J connectivity index is 1.82. The highest BCUT2D eigenvalue weighted by Gasteiger charge is 2.30. The Morgan fingerprint density at radius 1 is 1.25 bits per heavy atom. The van der Waals surface area contributed by atoms with Crippen LogP contribution in [-0.2, 0) is 17.8 Å². The Morgan fingerprint density at radius 3 is 2.68 bits per heavy atom.